The summed E-state index contributed by atoms with van der Waals surface area (Å²) >= 11 is 0. The molecule has 1 aromatic heterocycles. The maximum atomic E-state index is 2.54. The summed E-state index contributed by atoms with van der Waals surface area (Å²) in [6, 6.07) is 6.88. The van der Waals surface area contributed by atoms with E-state index >= 15 is 0 Å². The minimum absolute atomic E-state index is 0.571. The molecule has 0 amide bonds. The van der Waals surface area contributed by atoms with Crippen LogP contribution in [0.2, 0.25) is 0 Å². The topological polar surface area (TPSA) is 11.4 Å². The molecule has 0 atom stereocenters. The van der Waals surface area contributed by atoms with Gasteiger partial charge in [0.15, 0.2) is 0 Å². The van der Waals surface area contributed by atoms with Gasteiger partial charge in [0.1, 0.15) is 0 Å². The van der Waals surface area contributed by atoms with Gasteiger partial charge in [-0.25, -0.2) is 0 Å². The van der Waals surface area contributed by atoms with E-state index in [9.17, 15) is 0 Å². The van der Waals surface area contributed by atoms with Gasteiger partial charge in [0.05, 0.1) is 0 Å². The first-order valence-corrected chi connectivity index (χ1v) is 8.80. The molecule has 3 nitrogen and oxygen atoms in total. The molecule has 0 aromatic carbocycles. The van der Waals surface area contributed by atoms with Crippen LogP contribution in [0.25, 0.3) is 0 Å². The van der Waals surface area contributed by atoms with E-state index in [1.165, 1.54) is 11.4 Å². The Bertz CT molecular complexity index is 388. The lowest BCUT2D eigenvalue weighted by molar-refractivity contribution is 0.156. The molecule has 1 aromatic rings. The van der Waals surface area contributed by atoms with E-state index in [-0.39, 0.29) is 0 Å². The Morgan fingerprint density at radius 2 is 0.955 bits per heavy atom. The predicted molar refractivity (Wildman–Crippen MR) is 97.0 cm³/mol. The van der Waals surface area contributed by atoms with Gasteiger partial charge >= 0.3 is 0 Å². The highest BCUT2D eigenvalue weighted by molar-refractivity contribution is 5.16. The van der Waals surface area contributed by atoms with E-state index in [0.717, 1.165) is 13.1 Å². The average molecular weight is 308 g/mol. The van der Waals surface area contributed by atoms with Crippen molar-refractivity contribution in [3.05, 3.63) is 23.5 Å². The van der Waals surface area contributed by atoms with Crippen molar-refractivity contribution in [2.45, 2.75) is 92.6 Å². The van der Waals surface area contributed by atoms with Crippen molar-refractivity contribution >= 4 is 0 Å². The molecule has 0 aliphatic rings. The van der Waals surface area contributed by atoms with Crippen LogP contribution in [-0.2, 0) is 20.1 Å². The zero-order chi connectivity index (χ0) is 17.0. The number of nitrogens with zero attached hydrogens (tertiary/aromatic N) is 3. The van der Waals surface area contributed by atoms with Gasteiger partial charge in [-0.05, 0) is 67.5 Å². The fourth-order valence-corrected chi connectivity index (χ4v) is 3.21. The van der Waals surface area contributed by atoms with Crippen molar-refractivity contribution in [3.8, 4) is 0 Å². The molecule has 0 aliphatic heterocycles. The molecular formula is C19H37N3. The van der Waals surface area contributed by atoms with Crippen molar-refractivity contribution in [3.63, 3.8) is 0 Å². The van der Waals surface area contributed by atoms with Crippen LogP contribution in [0.4, 0.5) is 0 Å². The molecule has 0 saturated heterocycles. The standard InChI is InChI=1S/C19H37N3/c1-14(2)21(15(3)4)12-18-10-11-19(20(18)9)13-22(16(5)6)17(7)8/h10-11,14-17H,12-13H2,1-9H3. The van der Waals surface area contributed by atoms with E-state index in [1.807, 2.05) is 0 Å². The third kappa shape index (κ3) is 4.85. The first-order valence-electron chi connectivity index (χ1n) is 8.80. The van der Waals surface area contributed by atoms with Gasteiger partial charge in [-0.2, -0.15) is 0 Å². The maximum Gasteiger partial charge on any atom is 0.0392 e. The summed E-state index contributed by atoms with van der Waals surface area (Å²) in [5.74, 6) is 0. The Morgan fingerprint density at radius 1 is 0.682 bits per heavy atom. The molecule has 0 radical (unpaired) electrons. The van der Waals surface area contributed by atoms with Gasteiger partial charge in [-0.3, -0.25) is 9.80 Å². The van der Waals surface area contributed by atoms with E-state index < -0.39 is 0 Å². The van der Waals surface area contributed by atoms with Crippen LogP contribution in [0, 0.1) is 0 Å². The molecule has 0 bridgehead atoms. The minimum Gasteiger partial charge on any atom is -0.349 e. The Balaban J connectivity index is 2.89. The zero-order valence-corrected chi connectivity index (χ0v) is 16.2. The number of rotatable bonds is 8. The highest BCUT2D eigenvalue weighted by atomic mass is 15.2. The lowest BCUT2D eigenvalue weighted by atomic mass is 10.2. The van der Waals surface area contributed by atoms with Crippen LogP contribution in [0.3, 0.4) is 0 Å². The van der Waals surface area contributed by atoms with Crippen molar-refractivity contribution < 1.29 is 0 Å². The monoisotopic (exact) mass is 307 g/mol. The summed E-state index contributed by atoms with van der Waals surface area (Å²) in [4.78, 5) is 5.09. The number of aromatic nitrogens is 1. The normalized spacial score (nSPS) is 12.9. The average Bonchev–Trinajstić information content (AvgIpc) is 2.72. The van der Waals surface area contributed by atoms with Crippen LogP contribution in [0.15, 0.2) is 12.1 Å². The van der Waals surface area contributed by atoms with Crippen molar-refractivity contribution in [1.29, 1.82) is 0 Å². The molecule has 128 valence electrons. The van der Waals surface area contributed by atoms with Gasteiger partial charge in [0.25, 0.3) is 0 Å². The third-order valence-corrected chi connectivity index (χ3v) is 4.67. The van der Waals surface area contributed by atoms with Gasteiger partial charge in [-0.1, -0.05) is 0 Å². The van der Waals surface area contributed by atoms with E-state index in [4.69, 9.17) is 0 Å². The zero-order valence-electron chi connectivity index (χ0n) is 16.2. The lowest BCUT2D eigenvalue weighted by Gasteiger charge is -2.32. The van der Waals surface area contributed by atoms with E-state index in [0.29, 0.717) is 24.2 Å². The first kappa shape index (κ1) is 19.2. The molecule has 0 saturated carbocycles. The predicted octanol–water partition coefficient (Wildman–Crippen LogP) is 4.26. The van der Waals surface area contributed by atoms with E-state index in [2.05, 4.69) is 88.9 Å². The summed E-state index contributed by atoms with van der Waals surface area (Å²) in [6.45, 7) is 20.3. The Morgan fingerprint density at radius 3 is 1.18 bits per heavy atom. The number of hydrogen-bond acceptors (Lipinski definition) is 2. The summed E-state index contributed by atoms with van der Waals surface area (Å²) in [5, 5.41) is 0. The van der Waals surface area contributed by atoms with E-state index in [1.54, 1.807) is 0 Å². The van der Waals surface area contributed by atoms with Crippen LogP contribution in [0.1, 0.15) is 66.8 Å². The Kier molecular flexibility index (Phi) is 7.14. The Labute approximate surface area is 138 Å². The fraction of sp³-hybridized carbons (Fsp3) is 0.789. The minimum atomic E-state index is 0.571. The Hall–Kier alpha value is -0.800. The van der Waals surface area contributed by atoms with Crippen molar-refractivity contribution in [1.82, 2.24) is 14.4 Å². The van der Waals surface area contributed by atoms with Gasteiger partial charge < -0.3 is 4.57 Å². The van der Waals surface area contributed by atoms with Crippen LogP contribution < -0.4 is 0 Å². The van der Waals surface area contributed by atoms with Gasteiger partial charge in [0.2, 0.25) is 0 Å². The highest BCUT2D eigenvalue weighted by Crippen LogP contribution is 2.18. The number of hydrogen-bond donors (Lipinski definition) is 0. The fourth-order valence-electron chi connectivity index (χ4n) is 3.21. The third-order valence-electron chi connectivity index (χ3n) is 4.67. The molecule has 1 rings (SSSR count). The summed E-state index contributed by atoms with van der Waals surface area (Å²) in [7, 11) is 2.21. The molecule has 0 fully saturated rings. The summed E-state index contributed by atoms with van der Waals surface area (Å²) < 4.78 is 2.38. The largest absolute Gasteiger partial charge is 0.349 e. The molecule has 0 unspecified atom stereocenters. The van der Waals surface area contributed by atoms with Crippen LogP contribution in [-0.4, -0.2) is 38.5 Å². The van der Waals surface area contributed by atoms with Crippen LogP contribution in [0.5, 0.6) is 0 Å². The molecule has 1 heterocycles. The molecular weight excluding hydrogens is 270 g/mol. The van der Waals surface area contributed by atoms with Crippen LogP contribution >= 0.6 is 0 Å². The van der Waals surface area contributed by atoms with Gasteiger partial charge in [-0.15, -0.1) is 0 Å². The second kappa shape index (κ2) is 8.16. The summed E-state index contributed by atoms with van der Waals surface area (Å²) in [6.07, 6.45) is 0. The van der Waals surface area contributed by atoms with Gasteiger partial charge in [0, 0.05) is 55.7 Å². The second-order valence-corrected chi connectivity index (χ2v) is 7.59. The maximum absolute atomic E-state index is 2.54. The van der Waals surface area contributed by atoms with Crippen molar-refractivity contribution in [2.24, 2.45) is 7.05 Å². The molecule has 3 heteroatoms. The molecule has 22 heavy (non-hydrogen) atoms. The smallest absolute Gasteiger partial charge is 0.0392 e. The quantitative estimate of drug-likeness (QED) is 0.711. The first-order chi connectivity index (χ1) is 10.1. The lowest BCUT2D eigenvalue weighted by Crippen LogP contribution is -2.38. The second-order valence-electron chi connectivity index (χ2n) is 7.59. The molecule has 0 N–H and O–H groups in total. The summed E-state index contributed by atoms with van der Waals surface area (Å²) in [5.41, 5.74) is 2.81. The molecule has 0 spiro atoms. The molecule has 0 aliphatic carbocycles. The highest BCUT2D eigenvalue weighted by Gasteiger charge is 2.18. The van der Waals surface area contributed by atoms with Crippen molar-refractivity contribution in [2.75, 3.05) is 0 Å². The SMILES string of the molecule is CC(C)N(Cc1ccc(CN(C(C)C)C(C)C)n1C)C(C)C.